The predicted octanol–water partition coefficient (Wildman–Crippen LogP) is 2.21. The van der Waals surface area contributed by atoms with Crippen molar-refractivity contribution in [2.75, 3.05) is 13.3 Å². The lowest BCUT2D eigenvalue weighted by atomic mass is 10.5. The molecule has 0 radical (unpaired) electrons. The summed E-state index contributed by atoms with van der Waals surface area (Å²) in [5.74, 6) is 0. The molecule has 0 spiro atoms. The summed E-state index contributed by atoms with van der Waals surface area (Å²) in [6, 6.07) is 4.10. The van der Waals surface area contributed by atoms with E-state index < -0.39 is 0 Å². The fourth-order valence-electron chi connectivity index (χ4n) is 0.633. The van der Waals surface area contributed by atoms with Gasteiger partial charge in [0.1, 0.15) is 4.60 Å². The highest BCUT2D eigenvalue weighted by Gasteiger charge is 1.96. The highest BCUT2D eigenvalue weighted by atomic mass is 79.9. The van der Waals surface area contributed by atoms with Crippen molar-refractivity contribution in [1.29, 1.82) is 0 Å². The second-order valence-corrected chi connectivity index (χ2v) is 5.35. The van der Waals surface area contributed by atoms with Gasteiger partial charge in [-0.3, -0.25) is 0 Å². The summed E-state index contributed by atoms with van der Waals surface area (Å²) in [4.78, 5) is 4.13. The van der Waals surface area contributed by atoms with Gasteiger partial charge in [0.15, 0.2) is 0 Å². The maximum Gasteiger partial charge on any atom is 0.106 e. The highest BCUT2D eigenvalue weighted by Crippen LogP contribution is 2.22. The molecule has 0 aromatic carbocycles. The third-order valence-electron chi connectivity index (χ3n) is 1.23. The first-order chi connectivity index (χ1) is 4.70. The number of hydrogen-bond acceptors (Lipinski definition) is 1. The van der Waals surface area contributed by atoms with Crippen molar-refractivity contribution < 1.29 is 0 Å². The van der Waals surface area contributed by atoms with Crippen LogP contribution in [0.2, 0.25) is 0 Å². The van der Waals surface area contributed by atoms with E-state index in [1.165, 1.54) is 5.30 Å². The molecule has 0 saturated carbocycles. The van der Waals surface area contributed by atoms with Gasteiger partial charge < -0.3 is 0 Å². The summed E-state index contributed by atoms with van der Waals surface area (Å²) in [7, 11) is 0.00870. The molecule has 3 heteroatoms. The molecule has 1 heterocycles. The minimum absolute atomic E-state index is 0.00870. The van der Waals surface area contributed by atoms with Crippen molar-refractivity contribution in [2.45, 2.75) is 0 Å². The summed E-state index contributed by atoms with van der Waals surface area (Å²) in [5, 5.41) is 1.35. The van der Waals surface area contributed by atoms with Crippen molar-refractivity contribution in [3.8, 4) is 0 Å². The van der Waals surface area contributed by atoms with E-state index in [0.717, 1.165) is 4.60 Å². The van der Waals surface area contributed by atoms with Gasteiger partial charge in [-0.05, 0) is 40.6 Å². The Labute approximate surface area is 70.7 Å². The fourth-order valence-corrected chi connectivity index (χ4v) is 1.53. The molecule has 0 aliphatic carbocycles. The minimum atomic E-state index is 0.00870. The number of halogens is 1. The SMILES string of the molecule is CP(C)c1ccc(Br)nc1. The van der Waals surface area contributed by atoms with Crippen LogP contribution in [0.5, 0.6) is 0 Å². The molecule has 0 N–H and O–H groups in total. The van der Waals surface area contributed by atoms with Crippen molar-refractivity contribution in [3.05, 3.63) is 22.9 Å². The molecule has 1 rings (SSSR count). The zero-order valence-corrected chi connectivity index (χ0v) is 8.48. The Hall–Kier alpha value is 0.0600. The summed E-state index contributed by atoms with van der Waals surface area (Å²) in [6.07, 6.45) is 1.93. The molecule has 1 nitrogen and oxygen atoms in total. The van der Waals surface area contributed by atoms with E-state index in [2.05, 4.69) is 40.3 Å². The van der Waals surface area contributed by atoms with E-state index >= 15 is 0 Å². The molecule has 0 amide bonds. The smallest absolute Gasteiger partial charge is 0.106 e. The van der Waals surface area contributed by atoms with Gasteiger partial charge in [0, 0.05) is 6.20 Å². The van der Waals surface area contributed by atoms with Gasteiger partial charge in [0.05, 0.1) is 0 Å². The second-order valence-electron chi connectivity index (χ2n) is 2.23. The van der Waals surface area contributed by atoms with Crippen molar-refractivity contribution in [2.24, 2.45) is 0 Å². The van der Waals surface area contributed by atoms with E-state index in [1.807, 2.05) is 12.3 Å². The summed E-state index contributed by atoms with van der Waals surface area (Å²) >= 11 is 3.29. The summed E-state index contributed by atoms with van der Waals surface area (Å²) in [6.45, 7) is 4.44. The Balaban J connectivity index is 2.89. The Morgan fingerprint density at radius 1 is 1.40 bits per heavy atom. The van der Waals surface area contributed by atoms with Crippen LogP contribution in [0.4, 0.5) is 0 Å². The maximum absolute atomic E-state index is 4.13. The number of hydrogen-bond donors (Lipinski definition) is 0. The van der Waals surface area contributed by atoms with Gasteiger partial charge in [-0.2, -0.15) is 0 Å². The standard InChI is InChI=1S/C7H9BrNP/c1-10(2)6-3-4-7(8)9-5-6/h3-5H,1-2H3. The van der Waals surface area contributed by atoms with Crippen LogP contribution < -0.4 is 5.30 Å². The molecule has 0 bridgehead atoms. The van der Waals surface area contributed by atoms with Crippen LogP contribution in [0.1, 0.15) is 0 Å². The zero-order valence-electron chi connectivity index (χ0n) is 6.00. The summed E-state index contributed by atoms with van der Waals surface area (Å²) < 4.78 is 0.910. The van der Waals surface area contributed by atoms with Crippen LogP contribution >= 0.6 is 23.9 Å². The molecule has 0 fully saturated rings. The molecular weight excluding hydrogens is 209 g/mol. The zero-order chi connectivity index (χ0) is 7.56. The van der Waals surface area contributed by atoms with Crippen LogP contribution in [0, 0.1) is 0 Å². The first-order valence-corrected chi connectivity index (χ1v) is 6.02. The second kappa shape index (κ2) is 3.45. The number of nitrogens with zero attached hydrogens (tertiary/aromatic N) is 1. The molecule has 0 aliphatic heterocycles. The van der Waals surface area contributed by atoms with Gasteiger partial charge in [-0.1, -0.05) is 14.0 Å². The molecule has 0 saturated heterocycles. The molecule has 1 aromatic rings. The first-order valence-electron chi connectivity index (χ1n) is 2.99. The lowest BCUT2D eigenvalue weighted by Crippen LogP contribution is -1.98. The number of aromatic nitrogens is 1. The van der Waals surface area contributed by atoms with Crippen molar-refractivity contribution in [3.63, 3.8) is 0 Å². The fraction of sp³-hybridized carbons (Fsp3) is 0.286. The third kappa shape index (κ3) is 2.03. The topological polar surface area (TPSA) is 12.9 Å². The van der Waals surface area contributed by atoms with Crippen LogP contribution in [-0.2, 0) is 0 Å². The van der Waals surface area contributed by atoms with Gasteiger partial charge in [0.2, 0.25) is 0 Å². The van der Waals surface area contributed by atoms with Gasteiger partial charge in [-0.25, -0.2) is 4.98 Å². The normalized spacial score (nSPS) is 10.4. The van der Waals surface area contributed by atoms with Crippen LogP contribution in [0.15, 0.2) is 22.9 Å². The Morgan fingerprint density at radius 3 is 2.50 bits per heavy atom. The minimum Gasteiger partial charge on any atom is -0.249 e. The Morgan fingerprint density at radius 2 is 2.10 bits per heavy atom. The molecule has 0 aliphatic rings. The molecular formula is C7H9BrNP. The van der Waals surface area contributed by atoms with Crippen LogP contribution in [0.3, 0.4) is 0 Å². The lowest BCUT2D eigenvalue weighted by molar-refractivity contribution is 1.30. The molecule has 0 unspecified atom stereocenters. The van der Waals surface area contributed by atoms with E-state index in [9.17, 15) is 0 Å². The first kappa shape index (κ1) is 8.16. The quantitative estimate of drug-likeness (QED) is 0.520. The number of rotatable bonds is 1. The van der Waals surface area contributed by atoms with E-state index in [0.29, 0.717) is 0 Å². The van der Waals surface area contributed by atoms with Gasteiger partial charge in [-0.15, -0.1) is 0 Å². The van der Waals surface area contributed by atoms with E-state index in [4.69, 9.17) is 0 Å². The lowest BCUT2D eigenvalue weighted by Gasteiger charge is -2.03. The molecule has 1 aromatic heterocycles. The van der Waals surface area contributed by atoms with Crippen molar-refractivity contribution in [1.82, 2.24) is 4.98 Å². The average Bonchev–Trinajstić information content (AvgIpc) is 1.88. The van der Waals surface area contributed by atoms with Gasteiger partial charge >= 0.3 is 0 Å². The summed E-state index contributed by atoms with van der Waals surface area (Å²) in [5.41, 5.74) is 0. The Bertz CT molecular complexity index is 207. The third-order valence-corrected chi connectivity index (χ3v) is 2.99. The predicted molar refractivity (Wildman–Crippen MR) is 50.3 cm³/mol. The molecule has 10 heavy (non-hydrogen) atoms. The van der Waals surface area contributed by atoms with E-state index in [-0.39, 0.29) is 7.92 Å². The van der Waals surface area contributed by atoms with E-state index in [1.54, 1.807) is 0 Å². The van der Waals surface area contributed by atoms with Crippen molar-refractivity contribution >= 4 is 29.2 Å². The van der Waals surface area contributed by atoms with Crippen LogP contribution in [-0.4, -0.2) is 18.3 Å². The number of pyridine rings is 1. The Kier molecular flexibility index (Phi) is 2.82. The maximum atomic E-state index is 4.13. The largest absolute Gasteiger partial charge is 0.249 e. The van der Waals surface area contributed by atoms with Crippen LogP contribution in [0.25, 0.3) is 0 Å². The van der Waals surface area contributed by atoms with Gasteiger partial charge in [0.25, 0.3) is 0 Å². The average molecular weight is 218 g/mol. The molecule has 0 atom stereocenters. The monoisotopic (exact) mass is 217 g/mol. The highest BCUT2D eigenvalue weighted by molar-refractivity contribution is 9.10. The molecule has 54 valence electrons.